The number of hydrogen-bond donors (Lipinski definition) is 3. The Morgan fingerprint density at radius 3 is 2.70 bits per heavy atom. The minimum Gasteiger partial charge on any atom is -0.457 e. The van der Waals surface area contributed by atoms with Crippen molar-refractivity contribution >= 4 is 51.4 Å². The van der Waals surface area contributed by atoms with Crippen LogP contribution >= 0.6 is 27.7 Å². The second-order valence-electron chi connectivity index (χ2n) is 6.64. The summed E-state index contributed by atoms with van der Waals surface area (Å²) in [7, 11) is 0. The number of nitrogens with one attached hydrogen (secondary N) is 3. The molecule has 0 atom stereocenters. The minimum atomic E-state index is -0.151. The number of hydrazone groups is 1. The SMILES string of the molecule is O=C(CSc1n[nH]c(N/N=C\c2cccc(Oc3ccccc3)c2)n1)Nc1ccccc1Br. The second kappa shape index (κ2) is 11.3. The summed E-state index contributed by atoms with van der Waals surface area (Å²) in [6.45, 7) is 0. The minimum absolute atomic E-state index is 0.151. The maximum atomic E-state index is 12.1. The molecule has 0 bridgehead atoms. The van der Waals surface area contributed by atoms with Gasteiger partial charge in [-0.15, -0.1) is 5.10 Å². The number of para-hydroxylation sites is 2. The first-order valence-electron chi connectivity index (χ1n) is 9.87. The van der Waals surface area contributed by atoms with Gasteiger partial charge in [0, 0.05) is 4.47 Å². The van der Waals surface area contributed by atoms with Crippen LogP contribution in [-0.4, -0.2) is 33.1 Å². The number of aromatic nitrogens is 3. The zero-order valence-electron chi connectivity index (χ0n) is 17.2. The van der Waals surface area contributed by atoms with Crippen molar-refractivity contribution in [2.75, 3.05) is 16.5 Å². The lowest BCUT2D eigenvalue weighted by molar-refractivity contribution is -0.113. The van der Waals surface area contributed by atoms with Crippen molar-refractivity contribution in [2.45, 2.75) is 5.16 Å². The monoisotopic (exact) mass is 522 g/mol. The van der Waals surface area contributed by atoms with Gasteiger partial charge >= 0.3 is 0 Å². The maximum absolute atomic E-state index is 12.1. The molecule has 1 amide bonds. The van der Waals surface area contributed by atoms with Crippen LogP contribution in [0.5, 0.6) is 11.5 Å². The summed E-state index contributed by atoms with van der Waals surface area (Å²) < 4.78 is 6.65. The largest absolute Gasteiger partial charge is 0.457 e. The molecule has 4 rings (SSSR count). The van der Waals surface area contributed by atoms with Gasteiger partial charge in [0.2, 0.25) is 17.0 Å². The molecule has 0 fully saturated rings. The lowest BCUT2D eigenvalue weighted by Gasteiger charge is -2.05. The van der Waals surface area contributed by atoms with Crippen molar-refractivity contribution in [2.24, 2.45) is 5.10 Å². The molecule has 3 aromatic carbocycles. The predicted octanol–water partition coefficient (Wildman–Crippen LogP) is 5.54. The van der Waals surface area contributed by atoms with Crippen LogP contribution in [0.3, 0.4) is 0 Å². The molecule has 0 aliphatic rings. The Kier molecular flexibility index (Phi) is 7.72. The number of anilines is 2. The van der Waals surface area contributed by atoms with Crippen molar-refractivity contribution in [1.82, 2.24) is 15.2 Å². The molecule has 0 saturated heterocycles. The molecule has 0 aliphatic heterocycles. The van der Waals surface area contributed by atoms with Gasteiger partial charge in [0.25, 0.3) is 0 Å². The van der Waals surface area contributed by atoms with Crippen LogP contribution in [0, 0.1) is 0 Å². The summed E-state index contributed by atoms with van der Waals surface area (Å²) in [6.07, 6.45) is 1.65. The highest BCUT2D eigenvalue weighted by atomic mass is 79.9. The molecule has 0 aliphatic carbocycles. The quantitative estimate of drug-likeness (QED) is 0.151. The number of benzene rings is 3. The van der Waals surface area contributed by atoms with E-state index in [2.05, 4.69) is 47.0 Å². The van der Waals surface area contributed by atoms with Crippen LogP contribution in [0.4, 0.5) is 11.6 Å². The summed E-state index contributed by atoms with van der Waals surface area (Å²) in [5.74, 6) is 1.88. The molecule has 3 N–H and O–H groups in total. The number of nitrogens with zero attached hydrogens (tertiary/aromatic N) is 3. The number of ether oxygens (including phenoxy) is 1. The summed E-state index contributed by atoms with van der Waals surface area (Å²) in [5, 5.41) is 14.3. The van der Waals surface area contributed by atoms with Crippen molar-refractivity contribution in [1.29, 1.82) is 0 Å². The van der Waals surface area contributed by atoms with Gasteiger partial charge in [-0.25, -0.2) is 10.5 Å². The molecule has 4 aromatic rings. The fraction of sp³-hybridized carbons (Fsp3) is 0.0435. The number of thioether (sulfide) groups is 1. The van der Waals surface area contributed by atoms with E-state index >= 15 is 0 Å². The fourth-order valence-electron chi connectivity index (χ4n) is 2.69. The molecule has 1 aromatic heterocycles. The van der Waals surface area contributed by atoms with E-state index < -0.39 is 0 Å². The van der Waals surface area contributed by atoms with Crippen molar-refractivity contribution in [3.63, 3.8) is 0 Å². The maximum Gasteiger partial charge on any atom is 0.240 e. The highest BCUT2D eigenvalue weighted by Gasteiger charge is 2.09. The van der Waals surface area contributed by atoms with Crippen molar-refractivity contribution < 1.29 is 9.53 Å². The van der Waals surface area contributed by atoms with Gasteiger partial charge in [-0.1, -0.05) is 54.2 Å². The van der Waals surface area contributed by atoms with Crippen LogP contribution in [0.15, 0.2) is 93.6 Å². The van der Waals surface area contributed by atoms with Crippen LogP contribution < -0.4 is 15.5 Å². The molecule has 0 spiro atoms. The molecular weight excluding hydrogens is 504 g/mol. The van der Waals surface area contributed by atoms with Gasteiger partial charge in [-0.3, -0.25) is 4.79 Å². The fourth-order valence-corrected chi connectivity index (χ4v) is 3.67. The molecule has 166 valence electrons. The number of carbonyl (C=O) groups excluding carboxylic acids is 1. The number of amides is 1. The summed E-state index contributed by atoms with van der Waals surface area (Å²) >= 11 is 4.62. The molecule has 1 heterocycles. The Morgan fingerprint density at radius 1 is 1.06 bits per heavy atom. The molecule has 33 heavy (non-hydrogen) atoms. The number of aromatic amines is 1. The van der Waals surface area contributed by atoms with Gasteiger partial charge in [0.1, 0.15) is 11.5 Å². The lowest BCUT2D eigenvalue weighted by Crippen LogP contribution is -2.14. The van der Waals surface area contributed by atoms with Crippen molar-refractivity contribution in [3.05, 3.63) is 88.9 Å². The molecule has 8 nitrogen and oxygen atoms in total. The Labute approximate surface area is 203 Å². The zero-order chi connectivity index (χ0) is 22.9. The Morgan fingerprint density at radius 2 is 1.85 bits per heavy atom. The summed E-state index contributed by atoms with van der Waals surface area (Å²) in [4.78, 5) is 16.4. The third-order valence-corrected chi connectivity index (χ3v) is 5.71. The summed E-state index contributed by atoms with van der Waals surface area (Å²) in [6, 6.07) is 24.6. The molecule has 0 unspecified atom stereocenters. The molecule has 10 heteroatoms. The molecule has 0 radical (unpaired) electrons. The average Bonchev–Trinajstić information content (AvgIpc) is 3.28. The smallest absolute Gasteiger partial charge is 0.240 e. The van der Waals surface area contributed by atoms with E-state index in [1.165, 1.54) is 11.8 Å². The number of hydrogen-bond acceptors (Lipinski definition) is 7. The van der Waals surface area contributed by atoms with E-state index in [1.807, 2.05) is 78.9 Å². The Bertz CT molecular complexity index is 1250. The van der Waals surface area contributed by atoms with Gasteiger partial charge in [-0.2, -0.15) is 10.1 Å². The van der Waals surface area contributed by atoms with E-state index in [0.29, 0.717) is 22.5 Å². The third kappa shape index (κ3) is 6.93. The zero-order valence-corrected chi connectivity index (χ0v) is 19.6. The summed E-state index contributed by atoms with van der Waals surface area (Å²) in [5.41, 5.74) is 4.37. The first kappa shape index (κ1) is 22.6. The third-order valence-electron chi connectivity index (χ3n) is 4.17. The predicted molar refractivity (Wildman–Crippen MR) is 134 cm³/mol. The van der Waals surface area contributed by atoms with E-state index in [1.54, 1.807) is 6.21 Å². The van der Waals surface area contributed by atoms with Crippen LogP contribution in [-0.2, 0) is 4.79 Å². The number of carbonyl (C=O) groups is 1. The standard InChI is InChI=1S/C23H19BrN6O2S/c24-19-11-4-5-12-20(19)26-21(31)15-33-23-27-22(29-30-23)28-25-14-16-7-6-10-18(13-16)32-17-8-2-1-3-9-17/h1-14H,15H2,(H,26,31)(H2,27,28,29,30)/b25-14-. The van der Waals surface area contributed by atoms with E-state index in [-0.39, 0.29) is 11.7 Å². The van der Waals surface area contributed by atoms with E-state index in [4.69, 9.17) is 4.74 Å². The van der Waals surface area contributed by atoms with E-state index in [9.17, 15) is 4.79 Å². The number of rotatable bonds is 9. The van der Waals surface area contributed by atoms with E-state index in [0.717, 1.165) is 15.8 Å². The van der Waals surface area contributed by atoms with Crippen LogP contribution in [0.2, 0.25) is 0 Å². The van der Waals surface area contributed by atoms with Gasteiger partial charge < -0.3 is 10.1 Å². The molecule has 0 saturated carbocycles. The van der Waals surface area contributed by atoms with Gasteiger partial charge in [0.05, 0.1) is 17.7 Å². The van der Waals surface area contributed by atoms with Crippen LogP contribution in [0.1, 0.15) is 5.56 Å². The lowest BCUT2D eigenvalue weighted by atomic mass is 10.2. The highest BCUT2D eigenvalue weighted by Crippen LogP contribution is 2.23. The normalized spacial score (nSPS) is 10.8. The Balaban J connectivity index is 1.26. The van der Waals surface area contributed by atoms with Gasteiger partial charge in [0.15, 0.2) is 0 Å². The molecular formula is C23H19BrN6O2S. The number of halogens is 1. The first-order chi connectivity index (χ1) is 16.2. The van der Waals surface area contributed by atoms with Crippen LogP contribution in [0.25, 0.3) is 0 Å². The highest BCUT2D eigenvalue weighted by molar-refractivity contribution is 9.10. The number of H-pyrrole nitrogens is 1. The van der Waals surface area contributed by atoms with Crippen molar-refractivity contribution in [3.8, 4) is 11.5 Å². The van der Waals surface area contributed by atoms with Gasteiger partial charge in [-0.05, 0) is 57.9 Å². The second-order valence-corrected chi connectivity index (χ2v) is 8.44. The topological polar surface area (TPSA) is 104 Å². The average molecular weight is 523 g/mol. The Hall–Kier alpha value is -3.63. The first-order valence-corrected chi connectivity index (χ1v) is 11.7.